The van der Waals surface area contributed by atoms with Crippen LogP contribution < -0.4 is 5.32 Å². The van der Waals surface area contributed by atoms with Gasteiger partial charge in [-0.25, -0.2) is 0 Å². The number of carboxylic acid groups (broad SMARTS) is 1. The number of rotatable bonds is 4. The number of likely N-dealkylation sites (tertiary alicyclic amines) is 1. The molecule has 21 heavy (non-hydrogen) atoms. The summed E-state index contributed by atoms with van der Waals surface area (Å²) >= 11 is 0. The lowest BCUT2D eigenvalue weighted by atomic mass is 9.74. The van der Waals surface area contributed by atoms with Crippen molar-refractivity contribution in [2.45, 2.75) is 44.9 Å². The summed E-state index contributed by atoms with van der Waals surface area (Å²) in [6.45, 7) is 0.767. The molecule has 2 rings (SSSR count). The zero-order chi connectivity index (χ0) is 15.5. The lowest BCUT2D eigenvalue weighted by Crippen LogP contribution is -2.48. The van der Waals surface area contributed by atoms with Gasteiger partial charge in [-0.3, -0.25) is 14.4 Å². The van der Waals surface area contributed by atoms with E-state index in [9.17, 15) is 19.5 Å². The Labute approximate surface area is 124 Å². The Morgan fingerprint density at radius 3 is 2.57 bits per heavy atom. The fourth-order valence-corrected chi connectivity index (χ4v) is 3.26. The summed E-state index contributed by atoms with van der Waals surface area (Å²) in [5, 5.41) is 12.3. The van der Waals surface area contributed by atoms with Gasteiger partial charge in [-0.2, -0.15) is 0 Å². The molecular formula is C15H24N2O4. The van der Waals surface area contributed by atoms with Crippen LogP contribution in [0.2, 0.25) is 0 Å². The van der Waals surface area contributed by atoms with Crippen molar-refractivity contribution in [2.24, 2.45) is 11.3 Å². The molecule has 1 saturated carbocycles. The maximum atomic E-state index is 12.2. The molecule has 2 amide bonds. The lowest BCUT2D eigenvalue weighted by Gasteiger charge is -2.34. The molecule has 1 heterocycles. The highest BCUT2D eigenvalue weighted by atomic mass is 16.4. The minimum atomic E-state index is -0.818. The molecule has 0 radical (unpaired) electrons. The molecule has 2 aliphatic rings. The second kappa shape index (κ2) is 6.45. The maximum absolute atomic E-state index is 12.2. The molecule has 0 bridgehead atoms. The normalized spacial score (nSPS) is 25.5. The first-order valence-corrected chi connectivity index (χ1v) is 7.70. The Kier molecular flexibility index (Phi) is 4.85. The van der Waals surface area contributed by atoms with Crippen LogP contribution in [0, 0.1) is 11.3 Å². The standard InChI is InChI=1S/C15H24N2O4/c1-17-8-5-11(9-12(17)18)13(19)16-10-15(14(20)21)6-3-2-4-7-15/h11H,2-10H2,1H3,(H,16,19)(H,20,21). The molecule has 1 saturated heterocycles. The molecule has 1 aliphatic carbocycles. The average molecular weight is 296 g/mol. The Bertz CT molecular complexity index is 429. The van der Waals surface area contributed by atoms with Gasteiger partial charge in [0.2, 0.25) is 11.8 Å². The number of aliphatic carboxylic acids is 1. The van der Waals surface area contributed by atoms with E-state index in [0.717, 1.165) is 19.3 Å². The minimum Gasteiger partial charge on any atom is -0.481 e. The molecule has 2 fully saturated rings. The molecule has 6 heteroatoms. The van der Waals surface area contributed by atoms with E-state index in [0.29, 0.717) is 25.8 Å². The van der Waals surface area contributed by atoms with E-state index in [2.05, 4.69) is 5.32 Å². The second-order valence-corrected chi connectivity index (χ2v) is 6.37. The molecule has 0 aromatic carbocycles. The fourth-order valence-electron chi connectivity index (χ4n) is 3.26. The highest BCUT2D eigenvalue weighted by molar-refractivity contribution is 5.87. The molecule has 1 unspecified atom stereocenters. The summed E-state index contributed by atoms with van der Waals surface area (Å²) in [6, 6.07) is 0. The van der Waals surface area contributed by atoms with Crippen molar-refractivity contribution in [3.8, 4) is 0 Å². The third-order valence-electron chi connectivity index (χ3n) is 4.90. The van der Waals surface area contributed by atoms with E-state index in [-0.39, 0.29) is 30.7 Å². The summed E-state index contributed by atoms with van der Waals surface area (Å²) < 4.78 is 0. The van der Waals surface area contributed by atoms with Gasteiger partial charge in [-0.05, 0) is 19.3 Å². The van der Waals surface area contributed by atoms with Crippen LogP contribution in [-0.2, 0) is 14.4 Å². The quantitative estimate of drug-likeness (QED) is 0.810. The first-order valence-electron chi connectivity index (χ1n) is 7.70. The van der Waals surface area contributed by atoms with Gasteiger partial charge in [0.05, 0.1) is 5.41 Å². The predicted octanol–water partition coefficient (Wildman–Crippen LogP) is 1.01. The maximum Gasteiger partial charge on any atom is 0.311 e. The number of carbonyl (C=O) groups is 3. The average Bonchev–Trinajstić information content (AvgIpc) is 2.48. The van der Waals surface area contributed by atoms with Crippen LogP contribution in [0.1, 0.15) is 44.9 Å². The first-order chi connectivity index (χ1) is 9.94. The van der Waals surface area contributed by atoms with Crippen molar-refractivity contribution in [3.63, 3.8) is 0 Å². The highest BCUT2D eigenvalue weighted by Crippen LogP contribution is 2.36. The van der Waals surface area contributed by atoms with Crippen LogP contribution in [0.25, 0.3) is 0 Å². The zero-order valence-corrected chi connectivity index (χ0v) is 12.6. The molecule has 1 atom stereocenters. The van der Waals surface area contributed by atoms with Gasteiger partial charge in [0.15, 0.2) is 0 Å². The van der Waals surface area contributed by atoms with E-state index in [4.69, 9.17) is 0 Å². The number of amides is 2. The van der Waals surface area contributed by atoms with Crippen molar-refractivity contribution < 1.29 is 19.5 Å². The number of nitrogens with zero attached hydrogens (tertiary/aromatic N) is 1. The number of hydrogen-bond acceptors (Lipinski definition) is 3. The van der Waals surface area contributed by atoms with E-state index in [1.54, 1.807) is 11.9 Å². The number of carboxylic acids is 1. The van der Waals surface area contributed by atoms with Gasteiger partial charge >= 0.3 is 5.97 Å². The lowest BCUT2D eigenvalue weighted by molar-refractivity contribution is -0.151. The fraction of sp³-hybridized carbons (Fsp3) is 0.800. The number of carbonyl (C=O) groups excluding carboxylic acids is 2. The third-order valence-corrected chi connectivity index (χ3v) is 4.90. The zero-order valence-electron chi connectivity index (χ0n) is 12.6. The number of piperidine rings is 1. The number of nitrogens with one attached hydrogen (secondary N) is 1. The summed E-state index contributed by atoms with van der Waals surface area (Å²) in [5.74, 6) is -1.33. The van der Waals surface area contributed by atoms with Gasteiger partial charge in [-0.1, -0.05) is 19.3 Å². The smallest absolute Gasteiger partial charge is 0.311 e. The van der Waals surface area contributed by atoms with Crippen LogP contribution in [0.5, 0.6) is 0 Å². The Morgan fingerprint density at radius 2 is 2.00 bits per heavy atom. The van der Waals surface area contributed by atoms with Crippen LogP contribution >= 0.6 is 0 Å². The van der Waals surface area contributed by atoms with Gasteiger partial charge in [0.1, 0.15) is 0 Å². The first kappa shape index (κ1) is 15.8. The van der Waals surface area contributed by atoms with Crippen molar-refractivity contribution in [3.05, 3.63) is 0 Å². The topological polar surface area (TPSA) is 86.7 Å². The van der Waals surface area contributed by atoms with Gasteiger partial charge in [0.25, 0.3) is 0 Å². The summed E-state index contributed by atoms with van der Waals surface area (Å²) in [6.07, 6.45) is 4.97. The second-order valence-electron chi connectivity index (χ2n) is 6.37. The van der Waals surface area contributed by atoms with Gasteiger partial charge in [-0.15, -0.1) is 0 Å². The molecule has 6 nitrogen and oxygen atoms in total. The Morgan fingerprint density at radius 1 is 1.33 bits per heavy atom. The van der Waals surface area contributed by atoms with E-state index < -0.39 is 11.4 Å². The van der Waals surface area contributed by atoms with Crippen molar-refractivity contribution in [2.75, 3.05) is 20.1 Å². The minimum absolute atomic E-state index is 0.0213. The predicted molar refractivity (Wildman–Crippen MR) is 76.5 cm³/mol. The van der Waals surface area contributed by atoms with Crippen LogP contribution in [0.4, 0.5) is 0 Å². The monoisotopic (exact) mass is 296 g/mol. The Balaban J connectivity index is 1.90. The van der Waals surface area contributed by atoms with E-state index in [1.165, 1.54) is 0 Å². The SMILES string of the molecule is CN1CCC(C(=O)NCC2(C(=O)O)CCCCC2)CC1=O. The van der Waals surface area contributed by atoms with Gasteiger partial charge in [0, 0.05) is 32.5 Å². The molecule has 2 N–H and O–H groups in total. The molecule has 1 aliphatic heterocycles. The van der Waals surface area contributed by atoms with Crippen LogP contribution in [0.15, 0.2) is 0 Å². The van der Waals surface area contributed by atoms with Crippen molar-refractivity contribution in [1.29, 1.82) is 0 Å². The highest BCUT2D eigenvalue weighted by Gasteiger charge is 2.40. The van der Waals surface area contributed by atoms with Crippen LogP contribution in [-0.4, -0.2) is 47.9 Å². The van der Waals surface area contributed by atoms with Gasteiger partial charge < -0.3 is 15.3 Å². The molecule has 0 aromatic heterocycles. The summed E-state index contributed by atoms with van der Waals surface area (Å²) in [5.41, 5.74) is -0.816. The van der Waals surface area contributed by atoms with E-state index in [1.807, 2.05) is 0 Å². The molecule has 0 spiro atoms. The molecule has 0 aromatic rings. The van der Waals surface area contributed by atoms with Crippen molar-refractivity contribution in [1.82, 2.24) is 10.2 Å². The van der Waals surface area contributed by atoms with Crippen LogP contribution in [0.3, 0.4) is 0 Å². The largest absolute Gasteiger partial charge is 0.481 e. The molecule has 118 valence electrons. The summed E-state index contributed by atoms with van der Waals surface area (Å²) in [4.78, 5) is 37.0. The van der Waals surface area contributed by atoms with E-state index >= 15 is 0 Å². The Hall–Kier alpha value is -1.59. The molecular weight excluding hydrogens is 272 g/mol. The number of hydrogen-bond donors (Lipinski definition) is 2. The van der Waals surface area contributed by atoms with Crippen molar-refractivity contribution >= 4 is 17.8 Å². The summed E-state index contributed by atoms with van der Waals surface area (Å²) in [7, 11) is 1.73. The third kappa shape index (κ3) is 3.54.